The fourth-order valence-corrected chi connectivity index (χ4v) is 2.82. The first kappa shape index (κ1) is 12.1. The van der Waals surface area contributed by atoms with Gasteiger partial charge in [0, 0.05) is 13.0 Å². The molecule has 0 spiro atoms. The van der Waals surface area contributed by atoms with Crippen LogP contribution in [0.5, 0.6) is 0 Å². The fraction of sp³-hybridized carbons (Fsp3) is 0.833. The Hall–Kier alpha value is 0.0500. The van der Waals surface area contributed by atoms with Crippen molar-refractivity contribution in [2.75, 3.05) is 12.9 Å². The van der Waals surface area contributed by atoms with Gasteiger partial charge in [-0.2, -0.15) is 0 Å². The second kappa shape index (κ2) is 6.52. The third-order valence-corrected chi connectivity index (χ3v) is 4.13. The van der Waals surface area contributed by atoms with E-state index in [0.717, 1.165) is 13.0 Å². The summed E-state index contributed by atoms with van der Waals surface area (Å²) in [4.78, 5) is 0.0338. The number of thioether (sulfide) groups is 1. The van der Waals surface area contributed by atoms with Crippen LogP contribution in [0, 0.1) is 0 Å². The summed E-state index contributed by atoms with van der Waals surface area (Å²) in [5.41, 5.74) is 0. The highest BCUT2D eigenvalue weighted by Crippen LogP contribution is 2.35. The quantitative estimate of drug-likeness (QED) is 0.657. The molecule has 1 aliphatic heterocycles. The summed E-state index contributed by atoms with van der Waals surface area (Å²) in [6.07, 6.45) is 12.9. The number of hydrogen-bond donors (Lipinski definition) is 0. The van der Waals surface area contributed by atoms with Gasteiger partial charge in [0.2, 0.25) is 0 Å². The van der Waals surface area contributed by atoms with E-state index in [1.807, 2.05) is 17.8 Å². The van der Waals surface area contributed by atoms with E-state index in [0.29, 0.717) is 0 Å². The zero-order valence-electron chi connectivity index (χ0n) is 9.26. The van der Waals surface area contributed by atoms with Gasteiger partial charge >= 0.3 is 0 Å². The van der Waals surface area contributed by atoms with Gasteiger partial charge in [0.05, 0.1) is 0 Å². The second-order valence-corrected chi connectivity index (χ2v) is 5.13. The van der Waals surface area contributed by atoms with Gasteiger partial charge in [-0.1, -0.05) is 25.3 Å². The highest BCUT2D eigenvalue weighted by Gasteiger charge is 2.28. The van der Waals surface area contributed by atoms with Gasteiger partial charge in [0.25, 0.3) is 0 Å². The first-order valence-electron chi connectivity index (χ1n) is 5.63. The van der Waals surface area contributed by atoms with Crippen molar-refractivity contribution < 1.29 is 4.74 Å². The number of ether oxygens (including phenoxy) is 1. The molecular formula is C12H22OS. The third-order valence-electron chi connectivity index (χ3n) is 2.89. The highest BCUT2D eigenvalue weighted by molar-refractivity contribution is 7.99. The van der Waals surface area contributed by atoms with E-state index in [-0.39, 0.29) is 4.93 Å². The van der Waals surface area contributed by atoms with Gasteiger partial charge in [-0.15, -0.1) is 18.3 Å². The molecule has 0 aliphatic carbocycles. The van der Waals surface area contributed by atoms with Crippen LogP contribution in [0.4, 0.5) is 0 Å². The van der Waals surface area contributed by atoms with E-state index < -0.39 is 0 Å². The van der Waals surface area contributed by atoms with Gasteiger partial charge < -0.3 is 4.74 Å². The molecule has 82 valence electrons. The van der Waals surface area contributed by atoms with Gasteiger partial charge in [0.1, 0.15) is 4.93 Å². The second-order valence-electron chi connectivity index (χ2n) is 3.97. The Morgan fingerprint density at radius 3 is 2.71 bits per heavy atom. The lowest BCUT2D eigenvalue weighted by molar-refractivity contribution is 0.0217. The van der Waals surface area contributed by atoms with E-state index in [1.54, 1.807) is 0 Å². The van der Waals surface area contributed by atoms with Crippen molar-refractivity contribution in [3.63, 3.8) is 0 Å². The molecule has 1 heterocycles. The molecule has 0 aromatic carbocycles. The lowest BCUT2D eigenvalue weighted by Crippen LogP contribution is -2.28. The molecule has 0 aromatic rings. The molecule has 1 atom stereocenters. The third kappa shape index (κ3) is 3.66. The fourth-order valence-electron chi connectivity index (χ4n) is 1.98. The van der Waals surface area contributed by atoms with Crippen LogP contribution in [-0.2, 0) is 4.74 Å². The van der Waals surface area contributed by atoms with Crippen LogP contribution in [0.2, 0.25) is 0 Å². The first-order chi connectivity index (χ1) is 6.83. The Morgan fingerprint density at radius 2 is 2.00 bits per heavy atom. The summed E-state index contributed by atoms with van der Waals surface area (Å²) in [5, 5.41) is 0. The Labute approximate surface area is 92.3 Å². The molecule has 1 nitrogen and oxygen atoms in total. The van der Waals surface area contributed by atoms with Crippen molar-refractivity contribution in [3.8, 4) is 0 Å². The van der Waals surface area contributed by atoms with Crippen molar-refractivity contribution in [3.05, 3.63) is 12.7 Å². The van der Waals surface area contributed by atoms with E-state index in [4.69, 9.17) is 4.74 Å². The number of rotatable bonds is 3. The van der Waals surface area contributed by atoms with Crippen molar-refractivity contribution in [1.82, 2.24) is 0 Å². The zero-order chi connectivity index (χ0) is 10.3. The maximum absolute atomic E-state index is 6.03. The Kier molecular flexibility index (Phi) is 5.64. The largest absolute Gasteiger partial charge is 0.364 e. The monoisotopic (exact) mass is 214 g/mol. The minimum Gasteiger partial charge on any atom is -0.364 e. The van der Waals surface area contributed by atoms with Gasteiger partial charge in [-0.3, -0.25) is 0 Å². The predicted octanol–water partition coefficient (Wildman–Crippen LogP) is 3.99. The van der Waals surface area contributed by atoms with Crippen LogP contribution in [0.1, 0.15) is 44.9 Å². The van der Waals surface area contributed by atoms with Crippen LogP contribution in [0.15, 0.2) is 12.7 Å². The minimum atomic E-state index is 0.0338. The van der Waals surface area contributed by atoms with Gasteiger partial charge in [-0.05, 0) is 25.5 Å². The molecule has 1 aliphatic rings. The molecule has 14 heavy (non-hydrogen) atoms. The van der Waals surface area contributed by atoms with Gasteiger partial charge in [0.15, 0.2) is 0 Å². The summed E-state index contributed by atoms with van der Waals surface area (Å²) in [6, 6.07) is 0. The lowest BCUT2D eigenvalue weighted by Gasteiger charge is -2.31. The number of hydrogen-bond acceptors (Lipinski definition) is 2. The Bertz CT molecular complexity index is 158. The molecular weight excluding hydrogens is 192 g/mol. The average Bonchev–Trinajstić information content (AvgIpc) is 2.31. The van der Waals surface area contributed by atoms with Crippen LogP contribution < -0.4 is 0 Å². The van der Waals surface area contributed by atoms with E-state index in [9.17, 15) is 0 Å². The van der Waals surface area contributed by atoms with Crippen molar-refractivity contribution in [2.24, 2.45) is 0 Å². The molecule has 1 unspecified atom stereocenters. The van der Waals surface area contributed by atoms with Crippen LogP contribution >= 0.6 is 11.8 Å². The zero-order valence-corrected chi connectivity index (χ0v) is 10.1. The SMILES string of the molecule is C=CCC1(SC)CCCCCCCO1. The first-order valence-corrected chi connectivity index (χ1v) is 6.85. The van der Waals surface area contributed by atoms with Crippen molar-refractivity contribution >= 4 is 11.8 Å². The normalized spacial score (nSPS) is 30.1. The minimum absolute atomic E-state index is 0.0338. The van der Waals surface area contributed by atoms with Crippen LogP contribution in [-0.4, -0.2) is 17.8 Å². The summed E-state index contributed by atoms with van der Waals surface area (Å²) < 4.78 is 6.03. The Morgan fingerprint density at radius 1 is 1.29 bits per heavy atom. The molecule has 0 amide bonds. The predicted molar refractivity (Wildman–Crippen MR) is 64.7 cm³/mol. The average molecular weight is 214 g/mol. The topological polar surface area (TPSA) is 9.23 Å². The Balaban J connectivity index is 2.53. The maximum atomic E-state index is 6.03. The summed E-state index contributed by atoms with van der Waals surface area (Å²) in [6.45, 7) is 4.76. The molecule has 0 aromatic heterocycles. The van der Waals surface area contributed by atoms with Gasteiger partial charge in [-0.25, -0.2) is 0 Å². The molecule has 1 rings (SSSR count). The lowest BCUT2D eigenvalue weighted by atomic mass is 10.1. The molecule has 0 saturated carbocycles. The van der Waals surface area contributed by atoms with Crippen LogP contribution in [0.3, 0.4) is 0 Å². The molecule has 0 N–H and O–H groups in total. The smallest absolute Gasteiger partial charge is 0.116 e. The van der Waals surface area contributed by atoms with E-state index in [1.165, 1.54) is 38.5 Å². The molecule has 0 bridgehead atoms. The van der Waals surface area contributed by atoms with Crippen molar-refractivity contribution in [1.29, 1.82) is 0 Å². The summed E-state index contributed by atoms with van der Waals surface area (Å²) >= 11 is 1.86. The van der Waals surface area contributed by atoms with Crippen molar-refractivity contribution in [2.45, 2.75) is 49.9 Å². The standard InChI is InChI=1S/C12H22OS/c1-3-9-12(14-2)10-7-5-4-6-8-11-13-12/h3H,1,4-11H2,2H3. The highest BCUT2D eigenvalue weighted by atomic mass is 32.2. The molecule has 1 fully saturated rings. The maximum Gasteiger partial charge on any atom is 0.116 e. The molecule has 0 radical (unpaired) electrons. The summed E-state index contributed by atoms with van der Waals surface area (Å²) in [5.74, 6) is 0. The van der Waals surface area contributed by atoms with E-state index in [2.05, 4.69) is 12.8 Å². The van der Waals surface area contributed by atoms with E-state index >= 15 is 0 Å². The molecule has 1 saturated heterocycles. The molecule has 2 heteroatoms. The summed E-state index contributed by atoms with van der Waals surface area (Å²) in [7, 11) is 0. The van der Waals surface area contributed by atoms with Crippen LogP contribution in [0.25, 0.3) is 0 Å².